The number of imide groups is 1. The second-order valence-electron chi connectivity index (χ2n) is 8.01. The topological polar surface area (TPSA) is 69.7 Å². The van der Waals surface area contributed by atoms with Gasteiger partial charge in [0, 0.05) is 48.5 Å². The van der Waals surface area contributed by atoms with Crippen molar-refractivity contribution in [1.82, 2.24) is 15.1 Å². The van der Waals surface area contributed by atoms with Gasteiger partial charge in [-0.05, 0) is 44.4 Å². The van der Waals surface area contributed by atoms with Gasteiger partial charge < -0.3 is 4.90 Å². The van der Waals surface area contributed by atoms with Gasteiger partial charge in [-0.1, -0.05) is 12.1 Å². The molecule has 0 spiro atoms. The first-order valence-electron chi connectivity index (χ1n) is 10.8. The van der Waals surface area contributed by atoms with Gasteiger partial charge in [0.1, 0.15) is 6.04 Å². The van der Waals surface area contributed by atoms with E-state index in [1.165, 1.54) is 9.80 Å². The standard InChI is InChI=1S/C20H25N3O3/c1-20(2,3)22-9-14(10-22)12-4-5-15-13(8-12)11-23(19(15)26)16-6-7-17(24)21-18(16)25/h4-5,8,14,16H,6-7,9-11H2,1-3H3,(H,21,24,25)/t16-/m0/s1/i9D2,10D2. The van der Waals surface area contributed by atoms with Crippen LogP contribution in [0.1, 0.15) is 66.5 Å². The average molecular weight is 359 g/mol. The normalized spacial score (nSPS) is 30.7. The summed E-state index contributed by atoms with van der Waals surface area (Å²) < 4.78 is 34.0. The molecule has 1 aromatic rings. The second kappa shape index (κ2) is 5.91. The molecule has 138 valence electrons. The Morgan fingerprint density at radius 2 is 1.92 bits per heavy atom. The van der Waals surface area contributed by atoms with Crippen molar-refractivity contribution in [1.29, 1.82) is 0 Å². The summed E-state index contributed by atoms with van der Waals surface area (Å²) in [5, 5.41) is 2.27. The van der Waals surface area contributed by atoms with Crippen LogP contribution in [0.2, 0.25) is 0 Å². The molecule has 2 saturated heterocycles. The van der Waals surface area contributed by atoms with Gasteiger partial charge in [0.25, 0.3) is 5.91 Å². The largest absolute Gasteiger partial charge is 0.322 e. The highest BCUT2D eigenvalue weighted by Crippen LogP contribution is 2.35. The fraction of sp³-hybridized carbons (Fsp3) is 0.550. The highest BCUT2D eigenvalue weighted by atomic mass is 16.2. The first kappa shape index (κ1) is 13.0. The van der Waals surface area contributed by atoms with E-state index in [1.807, 2.05) is 0 Å². The maximum atomic E-state index is 12.8. The number of piperidine rings is 1. The Hall–Kier alpha value is -2.21. The molecule has 0 aliphatic carbocycles. The number of fused-ring (bicyclic) bond motifs is 1. The lowest BCUT2D eigenvalue weighted by Crippen LogP contribution is -2.54. The number of amides is 3. The minimum absolute atomic E-state index is 0.174. The van der Waals surface area contributed by atoms with Gasteiger partial charge in [-0.2, -0.15) is 0 Å². The molecule has 0 aromatic heterocycles. The zero-order valence-electron chi connectivity index (χ0n) is 19.1. The van der Waals surface area contributed by atoms with Crippen molar-refractivity contribution < 1.29 is 19.9 Å². The van der Waals surface area contributed by atoms with E-state index in [1.54, 1.807) is 39.0 Å². The van der Waals surface area contributed by atoms with E-state index in [2.05, 4.69) is 5.32 Å². The maximum Gasteiger partial charge on any atom is 0.255 e. The summed E-state index contributed by atoms with van der Waals surface area (Å²) in [5.74, 6) is -2.14. The van der Waals surface area contributed by atoms with Gasteiger partial charge in [-0.25, -0.2) is 0 Å². The lowest BCUT2D eigenvalue weighted by atomic mass is 9.86. The van der Waals surface area contributed by atoms with Gasteiger partial charge in [0.15, 0.2) is 0 Å². The molecule has 1 aromatic carbocycles. The third kappa shape index (κ3) is 2.82. The number of hydrogen-bond acceptors (Lipinski definition) is 4. The van der Waals surface area contributed by atoms with Gasteiger partial charge in [0.2, 0.25) is 11.8 Å². The lowest BCUT2D eigenvalue weighted by molar-refractivity contribution is -0.136. The highest BCUT2D eigenvalue weighted by Gasteiger charge is 2.40. The molecule has 0 saturated carbocycles. The van der Waals surface area contributed by atoms with E-state index in [-0.39, 0.29) is 31.2 Å². The molecular formula is C20H25N3O3. The Morgan fingerprint density at radius 3 is 2.58 bits per heavy atom. The van der Waals surface area contributed by atoms with Crippen molar-refractivity contribution in [2.75, 3.05) is 13.0 Å². The number of hydrogen-bond donors (Lipinski definition) is 1. The molecule has 26 heavy (non-hydrogen) atoms. The third-order valence-corrected chi connectivity index (χ3v) is 5.07. The van der Waals surface area contributed by atoms with E-state index in [9.17, 15) is 14.4 Å². The van der Waals surface area contributed by atoms with Crippen molar-refractivity contribution in [2.45, 2.75) is 57.7 Å². The van der Waals surface area contributed by atoms with E-state index >= 15 is 0 Å². The predicted molar refractivity (Wildman–Crippen MR) is 96.6 cm³/mol. The molecule has 3 amide bonds. The summed E-state index contributed by atoms with van der Waals surface area (Å²) >= 11 is 0. The van der Waals surface area contributed by atoms with Crippen LogP contribution >= 0.6 is 0 Å². The van der Waals surface area contributed by atoms with Gasteiger partial charge in [0.05, 0.1) is 0 Å². The van der Waals surface area contributed by atoms with Crippen LogP contribution in [0.15, 0.2) is 18.2 Å². The van der Waals surface area contributed by atoms with Crippen LogP contribution in [0, 0.1) is 0 Å². The van der Waals surface area contributed by atoms with Crippen LogP contribution in [0.4, 0.5) is 0 Å². The van der Waals surface area contributed by atoms with Crippen molar-refractivity contribution >= 4 is 17.7 Å². The third-order valence-electron chi connectivity index (χ3n) is 5.07. The fourth-order valence-corrected chi connectivity index (χ4v) is 3.57. The Morgan fingerprint density at radius 1 is 1.19 bits per heavy atom. The Labute approximate surface area is 159 Å². The molecule has 0 bridgehead atoms. The zero-order valence-corrected chi connectivity index (χ0v) is 15.1. The molecule has 3 aliphatic rings. The van der Waals surface area contributed by atoms with Crippen LogP contribution in [-0.4, -0.2) is 52.1 Å². The lowest BCUT2D eigenvalue weighted by Gasteiger charge is -2.48. The van der Waals surface area contributed by atoms with Crippen LogP contribution in [-0.2, 0) is 16.1 Å². The van der Waals surface area contributed by atoms with E-state index < -0.39 is 36.4 Å². The number of benzene rings is 1. The summed E-state index contributed by atoms with van der Waals surface area (Å²) in [5.41, 5.74) is 0.862. The summed E-state index contributed by atoms with van der Waals surface area (Å²) in [6, 6.07) is 4.15. The summed E-state index contributed by atoms with van der Waals surface area (Å²) in [6.07, 6.45) is 0.443. The zero-order chi connectivity index (χ0) is 22.2. The number of carbonyl (C=O) groups excluding carboxylic acids is 3. The van der Waals surface area contributed by atoms with Gasteiger partial charge >= 0.3 is 0 Å². The minimum Gasteiger partial charge on any atom is -0.322 e. The van der Waals surface area contributed by atoms with Crippen molar-refractivity contribution in [2.24, 2.45) is 0 Å². The number of nitrogens with one attached hydrogen (secondary N) is 1. The maximum absolute atomic E-state index is 12.8. The van der Waals surface area contributed by atoms with Crippen LogP contribution in [0.5, 0.6) is 0 Å². The van der Waals surface area contributed by atoms with Crippen molar-refractivity contribution in [3.8, 4) is 0 Å². The summed E-state index contributed by atoms with van der Waals surface area (Å²) in [4.78, 5) is 39.1. The van der Waals surface area contributed by atoms with Crippen LogP contribution in [0.25, 0.3) is 0 Å². The van der Waals surface area contributed by atoms with E-state index in [0.717, 1.165) is 0 Å². The summed E-state index contributed by atoms with van der Waals surface area (Å²) in [7, 11) is 0. The molecule has 2 fully saturated rings. The first-order valence-corrected chi connectivity index (χ1v) is 8.84. The monoisotopic (exact) mass is 359 g/mol. The van der Waals surface area contributed by atoms with Gasteiger partial charge in [-0.3, -0.25) is 24.6 Å². The quantitative estimate of drug-likeness (QED) is 0.815. The smallest absolute Gasteiger partial charge is 0.255 e. The minimum atomic E-state index is -1.89. The molecule has 1 atom stereocenters. The van der Waals surface area contributed by atoms with Gasteiger partial charge in [-0.15, -0.1) is 0 Å². The Balaban J connectivity index is 1.63. The molecule has 0 unspecified atom stereocenters. The highest BCUT2D eigenvalue weighted by molar-refractivity contribution is 6.05. The molecule has 3 heterocycles. The molecular weight excluding hydrogens is 330 g/mol. The van der Waals surface area contributed by atoms with Crippen molar-refractivity contribution in [3.63, 3.8) is 0 Å². The summed E-state index contributed by atoms with van der Waals surface area (Å²) in [6.45, 7) is 1.73. The first-order chi connectivity index (χ1) is 13.8. The Bertz CT molecular complexity index is 941. The number of carbonyl (C=O) groups is 3. The van der Waals surface area contributed by atoms with Crippen LogP contribution < -0.4 is 5.32 Å². The van der Waals surface area contributed by atoms with E-state index in [4.69, 9.17) is 5.48 Å². The second-order valence-corrected chi connectivity index (χ2v) is 8.01. The SMILES string of the molecule is [2H]C1([2H])C(c2ccc3c(c2)CN([C@H]2CCC(=O)NC2=O)C3=O)C([2H])([2H])N1C(C)(C)C. The number of likely N-dealkylation sites (tertiary alicyclic amines) is 1. The van der Waals surface area contributed by atoms with Crippen LogP contribution in [0.3, 0.4) is 0 Å². The molecule has 6 heteroatoms. The molecule has 3 aliphatic heterocycles. The Kier molecular flexibility index (Phi) is 2.96. The van der Waals surface area contributed by atoms with E-state index in [0.29, 0.717) is 16.7 Å². The molecule has 6 nitrogen and oxygen atoms in total. The average Bonchev–Trinajstić information content (AvgIpc) is 2.88. The number of nitrogens with zero attached hydrogens (tertiary/aromatic N) is 2. The van der Waals surface area contributed by atoms with Crippen molar-refractivity contribution in [3.05, 3.63) is 34.9 Å². The molecule has 0 radical (unpaired) electrons. The molecule has 4 rings (SSSR count). The molecule has 1 N–H and O–H groups in total. The predicted octanol–water partition coefficient (Wildman–Crippen LogP) is 1.65. The fourth-order valence-electron chi connectivity index (χ4n) is 3.57. The number of rotatable bonds is 2.